The number of imide groups is 1. The van der Waals surface area contributed by atoms with Gasteiger partial charge in [0.05, 0.1) is 0 Å². The Morgan fingerprint density at radius 3 is 2.42 bits per heavy atom. The molecule has 1 aromatic carbocycles. The topological polar surface area (TPSA) is 71.3 Å². The Labute approximate surface area is 108 Å². The molecule has 0 saturated carbocycles. The minimum Gasteiger partial charge on any atom is -0.457 e. The number of furan rings is 1. The first kappa shape index (κ1) is 11.3. The molecule has 0 radical (unpaired) electrons. The Morgan fingerprint density at radius 1 is 0.947 bits per heavy atom. The van der Waals surface area contributed by atoms with Crippen molar-refractivity contribution in [2.75, 3.05) is 0 Å². The lowest BCUT2D eigenvalue weighted by molar-refractivity contribution is -0.115. The second-order valence-electron chi connectivity index (χ2n) is 4.03. The van der Waals surface area contributed by atoms with Crippen LogP contribution in [0.15, 0.2) is 52.6 Å². The number of urea groups is 1. The molecule has 1 fully saturated rings. The van der Waals surface area contributed by atoms with Gasteiger partial charge in [-0.1, -0.05) is 30.3 Å². The molecular weight excluding hydrogens is 244 g/mol. The lowest BCUT2D eigenvalue weighted by atomic mass is 10.2. The summed E-state index contributed by atoms with van der Waals surface area (Å²) in [6.45, 7) is 0. The predicted molar refractivity (Wildman–Crippen MR) is 68.8 cm³/mol. The van der Waals surface area contributed by atoms with Crippen LogP contribution in [-0.2, 0) is 4.79 Å². The number of amides is 3. The first-order valence-electron chi connectivity index (χ1n) is 5.72. The number of hydrogen-bond acceptors (Lipinski definition) is 3. The number of rotatable bonds is 2. The van der Waals surface area contributed by atoms with E-state index in [1.165, 1.54) is 6.08 Å². The zero-order valence-corrected chi connectivity index (χ0v) is 9.84. The summed E-state index contributed by atoms with van der Waals surface area (Å²) < 4.78 is 5.61. The van der Waals surface area contributed by atoms with Gasteiger partial charge in [-0.25, -0.2) is 4.79 Å². The van der Waals surface area contributed by atoms with Gasteiger partial charge in [-0.2, -0.15) is 0 Å². The molecule has 2 heterocycles. The highest BCUT2D eigenvalue weighted by Crippen LogP contribution is 2.23. The summed E-state index contributed by atoms with van der Waals surface area (Å²) in [5, 5.41) is 4.53. The van der Waals surface area contributed by atoms with Crippen molar-refractivity contribution in [3.8, 4) is 11.3 Å². The Bertz CT molecular complexity index is 671. The van der Waals surface area contributed by atoms with Crippen molar-refractivity contribution in [3.63, 3.8) is 0 Å². The minimum absolute atomic E-state index is 0.180. The van der Waals surface area contributed by atoms with E-state index in [0.29, 0.717) is 11.5 Å². The molecule has 1 aliphatic rings. The van der Waals surface area contributed by atoms with Crippen LogP contribution < -0.4 is 10.6 Å². The summed E-state index contributed by atoms with van der Waals surface area (Å²) in [6.07, 6.45) is 1.49. The minimum atomic E-state index is -0.522. The zero-order valence-electron chi connectivity index (χ0n) is 9.84. The molecule has 3 rings (SSSR count). The molecule has 0 bridgehead atoms. The smallest absolute Gasteiger partial charge is 0.326 e. The van der Waals surface area contributed by atoms with Crippen LogP contribution in [0.1, 0.15) is 5.76 Å². The monoisotopic (exact) mass is 254 g/mol. The highest BCUT2D eigenvalue weighted by atomic mass is 16.3. The van der Waals surface area contributed by atoms with Gasteiger partial charge in [0, 0.05) is 11.6 Å². The Morgan fingerprint density at radius 2 is 1.74 bits per heavy atom. The number of nitrogens with one attached hydrogen (secondary N) is 2. The van der Waals surface area contributed by atoms with E-state index in [2.05, 4.69) is 10.6 Å². The van der Waals surface area contributed by atoms with E-state index in [1.807, 2.05) is 36.4 Å². The molecule has 5 heteroatoms. The van der Waals surface area contributed by atoms with Crippen molar-refractivity contribution in [2.45, 2.75) is 0 Å². The number of carbonyl (C=O) groups excluding carboxylic acids is 2. The van der Waals surface area contributed by atoms with Crippen LogP contribution in [0.5, 0.6) is 0 Å². The molecule has 0 unspecified atom stereocenters. The van der Waals surface area contributed by atoms with Gasteiger partial charge in [-0.15, -0.1) is 0 Å². The van der Waals surface area contributed by atoms with Crippen molar-refractivity contribution in [1.82, 2.24) is 10.6 Å². The van der Waals surface area contributed by atoms with Gasteiger partial charge in [-0.3, -0.25) is 10.1 Å². The Kier molecular flexibility index (Phi) is 2.64. The van der Waals surface area contributed by atoms with Crippen molar-refractivity contribution in [3.05, 3.63) is 53.9 Å². The average molecular weight is 254 g/mol. The summed E-state index contributed by atoms with van der Waals surface area (Å²) in [6, 6.07) is 12.7. The molecule has 3 amide bonds. The fourth-order valence-corrected chi connectivity index (χ4v) is 1.81. The molecule has 1 aromatic heterocycles. The Balaban J connectivity index is 1.89. The maximum absolute atomic E-state index is 11.4. The molecule has 1 saturated heterocycles. The largest absolute Gasteiger partial charge is 0.457 e. The first-order valence-corrected chi connectivity index (χ1v) is 5.72. The summed E-state index contributed by atoms with van der Waals surface area (Å²) in [5.41, 5.74) is 1.13. The average Bonchev–Trinajstić information content (AvgIpc) is 2.99. The van der Waals surface area contributed by atoms with E-state index >= 15 is 0 Å². The lowest BCUT2D eigenvalue weighted by Gasteiger charge is -1.95. The van der Waals surface area contributed by atoms with Gasteiger partial charge in [0.25, 0.3) is 5.91 Å². The molecular formula is C14H10N2O3. The van der Waals surface area contributed by atoms with E-state index in [-0.39, 0.29) is 5.70 Å². The van der Waals surface area contributed by atoms with Crippen LogP contribution in [0.3, 0.4) is 0 Å². The Hall–Kier alpha value is -2.82. The third-order valence-corrected chi connectivity index (χ3v) is 2.69. The molecule has 2 aromatic rings. The van der Waals surface area contributed by atoms with Crippen LogP contribution in [0.4, 0.5) is 4.79 Å². The normalized spacial score (nSPS) is 16.5. The van der Waals surface area contributed by atoms with Crippen molar-refractivity contribution < 1.29 is 14.0 Å². The highest BCUT2D eigenvalue weighted by Gasteiger charge is 2.23. The second kappa shape index (κ2) is 4.45. The van der Waals surface area contributed by atoms with Crippen LogP contribution in [0.2, 0.25) is 0 Å². The SMILES string of the molecule is O=C1NC(=O)C(=Cc2ccc(-c3ccccc3)o2)N1. The maximum atomic E-state index is 11.4. The number of hydrogen-bond donors (Lipinski definition) is 2. The summed E-state index contributed by atoms with van der Waals surface area (Å²) in [4.78, 5) is 22.3. The van der Waals surface area contributed by atoms with E-state index in [0.717, 1.165) is 5.56 Å². The second-order valence-corrected chi connectivity index (χ2v) is 4.03. The van der Waals surface area contributed by atoms with Crippen LogP contribution in [-0.4, -0.2) is 11.9 Å². The third kappa shape index (κ3) is 2.26. The summed E-state index contributed by atoms with van der Waals surface area (Å²) in [5.74, 6) is 0.756. The standard InChI is InChI=1S/C14H10N2O3/c17-13-11(15-14(18)16-13)8-10-6-7-12(19-10)9-4-2-1-3-5-9/h1-8H,(H2,15,16,17,18). The summed E-state index contributed by atoms with van der Waals surface area (Å²) in [7, 11) is 0. The highest BCUT2D eigenvalue weighted by molar-refractivity contribution is 6.13. The molecule has 0 aliphatic carbocycles. The predicted octanol–water partition coefficient (Wildman–Crippen LogP) is 2.13. The number of carbonyl (C=O) groups is 2. The van der Waals surface area contributed by atoms with Crippen LogP contribution in [0, 0.1) is 0 Å². The maximum Gasteiger partial charge on any atom is 0.326 e. The molecule has 19 heavy (non-hydrogen) atoms. The molecule has 0 atom stereocenters. The third-order valence-electron chi connectivity index (χ3n) is 2.69. The van der Waals surface area contributed by atoms with Gasteiger partial charge in [0.1, 0.15) is 17.2 Å². The van der Waals surface area contributed by atoms with Gasteiger partial charge < -0.3 is 9.73 Å². The van der Waals surface area contributed by atoms with Crippen LogP contribution in [0.25, 0.3) is 17.4 Å². The van der Waals surface area contributed by atoms with Gasteiger partial charge in [0.2, 0.25) is 0 Å². The lowest BCUT2D eigenvalue weighted by Crippen LogP contribution is -2.22. The van der Waals surface area contributed by atoms with Crippen molar-refractivity contribution in [1.29, 1.82) is 0 Å². The quantitative estimate of drug-likeness (QED) is 0.637. The van der Waals surface area contributed by atoms with E-state index < -0.39 is 11.9 Å². The molecule has 1 aliphatic heterocycles. The molecule has 5 nitrogen and oxygen atoms in total. The molecule has 0 spiro atoms. The van der Waals surface area contributed by atoms with Crippen molar-refractivity contribution >= 4 is 18.0 Å². The molecule has 2 N–H and O–H groups in total. The van der Waals surface area contributed by atoms with E-state index in [1.54, 1.807) is 6.07 Å². The van der Waals surface area contributed by atoms with Crippen LogP contribution >= 0.6 is 0 Å². The van der Waals surface area contributed by atoms with E-state index in [4.69, 9.17) is 4.42 Å². The first-order chi connectivity index (χ1) is 9.22. The van der Waals surface area contributed by atoms with Gasteiger partial charge in [-0.05, 0) is 12.1 Å². The van der Waals surface area contributed by atoms with E-state index in [9.17, 15) is 9.59 Å². The van der Waals surface area contributed by atoms with Crippen molar-refractivity contribution in [2.24, 2.45) is 0 Å². The van der Waals surface area contributed by atoms with Gasteiger partial charge >= 0.3 is 6.03 Å². The summed E-state index contributed by atoms with van der Waals surface area (Å²) >= 11 is 0. The van der Waals surface area contributed by atoms with Gasteiger partial charge in [0.15, 0.2) is 0 Å². The fourth-order valence-electron chi connectivity index (χ4n) is 1.81. The number of benzene rings is 1. The molecule has 94 valence electrons. The fraction of sp³-hybridized carbons (Fsp3) is 0. The zero-order chi connectivity index (χ0) is 13.2.